The van der Waals surface area contributed by atoms with Crippen LogP contribution < -0.4 is 4.90 Å². The third-order valence-corrected chi connectivity index (χ3v) is 8.44. The summed E-state index contributed by atoms with van der Waals surface area (Å²) in [5.74, 6) is -0.852. The van der Waals surface area contributed by atoms with Gasteiger partial charge in [0, 0.05) is 44.0 Å². The van der Waals surface area contributed by atoms with E-state index in [9.17, 15) is 18.3 Å². The first-order valence-electron chi connectivity index (χ1n) is 10.4. The molecule has 33 heavy (non-hydrogen) atoms. The number of benzene rings is 1. The predicted octanol–water partition coefficient (Wildman–Crippen LogP) is 3.43. The number of imidazole rings is 1. The zero-order valence-corrected chi connectivity index (χ0v) is 20.2. The number of carboxylic acid groups (broad SMARTS) is 1. The number of aliphatic carboxylic acids is 1. The van der Waals surface area contributed by atoms with Crippen molar-refractivity contribution in [3.63, 3.8) is 0 Å². The molecule has 1 unspecified atom stereocenters. The number of fused-ring (bicyclic) bond motifs is 1. The van der Waals surface area contributed by atoms with Crippen LogP contribution in [0.2, 0.25) is 10.0 Å². The average Bonchev–Trinajstić information content (AvgIpc) is 3.34. The summed E-state index contributed by atoms with van der Waals surface area (Å²) in [5.41, 5.74) is 1.25. The van der Waals surface area contributed by atoms with Crippen molar-refractivity contribution in [2.45, 2.75) is 25.3 Å². The maximum absolute atomic E-state index is 13.0. The molecule has 9 nitrogen and oxygen atoms in total. The molecule has 0 saturated carbocycles. The van der Waals surface area contributed by atoms with Crippen LogP contribution in [0.5, 0.6) is 0 Å². The SMILES string of the molecule is CN(CCS(=O)(=O)N1CCCCC1C(=O)O)c1cc(-n2ccnc2)c2ccc(Cl)c(Cl)c2n1. The van der Waals surface area contributed by atoms with Crippen molar-refractivity contribution in [1.29, 1.82) is 0 Å². The van der Waals surface area contributed by atoms with Crippen molar-refractivity contribution in [3.05, 3.63) is 47.0 Å². The third-order valence-electron chi connectivity index (χ3n) is 5.79. The van der Waals surface area contributed by atoms with Crippen molar-refractivity contribution in [1.82, 2.24) is 18.8 Å². The Morgan fingerprint density at radius 1 is 1.30 bits per heavy atom. The van der Waals surface area contributed by atoms with Crippen molar-refractivity contribution in [2.75, 3.05) is 30.8 Å². The third kappa shape index (κ3) is 4.79. The van der Waals surface area contributed by atoms with Gasteiger partial charge >= 0.3 is 5.97 Å². The van der Waals surface area contributed by atoms with Crippen LogP contribution in [0.25, 0.3) is 16.6 Å². The molecule has 1 fully saturated rings. The van der Waals surface area contributed by atoms with Crippen LogP contribution in [-0.4, -0.2) is 70.3 Å². The van der Waals surface area contributed by atoms with E-state index in [1.54, 1.807) is 36.7 Å². The number of rotatable bonds is 7. The van der Waals surface area contributed by atoms with Crippen LogP contribution in [0.1, 0.15) is 19.3 Å². The largest absolute Gasteiger partial charge is 0.480 e. The Morgan fingerprint density at radius 3 is 2.79 bits per heavy atom. The number of carboxylic acids is 1. The first kappa shape index (κ1) is 23.7. The molecule has 0 amide bonds. The van der Waals surface area contributed by atoms with E-state index in [1.165, 1.54) is 0 Å². The lowest BCUT2D eigenvalue weighted by Crippen LogP contribution is -2.49. The molecule has 12 heteroatoms. The molecular formula is C21H23Cl2N5O4S. The number of anilines is 1. The quantitative estimate of drug-likeness (QED) is 0.517. The molecule has 1 aromatic carbocycles. The van der Waals surface area contributed by atoms with Crippen LogP contribution >= 0.6 is 23.2 Å². The highest BCUT2D eigenvalue weighted by Crippen LogP contribution is 2.34. The van der Waals surface area contributed by atoms with E-state index in [0.29, 0.717) is 40.6 Å². The number of pyridine rings is 1. The molecule has 176 valence electrons. The fourth-order valence-corrected chi connectivity index (χ4v) is 6.07. The van der Waals surface area contributed by atoms with Crippen LogP contribution in [0.15, 0.2) is 36.9 Å². The summed E-state index contributed by atoms with van der Waals surface area (Å²) in [7, 11) is -2.04. The van der Waals surface area contributed by atoms with E-state index in [1.807, 2.05) is 16.7 Å². The Kier molecular flexibility index (Phi) is 6.81. The van der Waals surface area contributed by atoms with Gasteiger partial charge in [0.2, 0.25) is 10.0 Å². The summed E-state index contributed by atoms with van der Waals surface area (Å²) in [4.78, 5) is 22.0. The van der Waals surface area contributed by atoms with Gasteiger partial charge in [-0.15, -0.1) is 0 Å². The zero-order valence-electron chi connectivity index (χ0n) is 17.9. The lowest BCUT2D eigenvalue weighted by Gasteiger charge is -2.32. The van der Waals surface area contributed by atoms with E-state index in [2.05, 4.69) is 9.97 Å². The Labute approximate surface area is 201 Å². The number of hydrogen-bond donors (Lipinski definition) is 1. The monoisotopic (exact) mass is 511 g/mol. The van der Waals surface area contributed by atoms with Crippen LogP contribution in [0, 0.1) is 0 Å². The summed E-state index contributed by atoms with van der Waals surface area (Å²) >= 11 is 12.6. The first-order valence-corrected chi connectivity index (χ1v) is 12.8. The van der Waals surface area contributed by atoms with Gasteiger partial charge in [0.05, 0.1) is 33.3 Å². The molecule has 0 aliphatic carbocycles. The topological polar surface area (TPSA) is 109 Å². The number of piperidine rings is 1. The Morgan fingerprint density at radius 2 is 2.09 bits per heavy atom. The number of carbonyl (C=O) groups is 1. The molecule has 2 aromatic heterocycles. The summed E-state index contributed by atoms with van der Waals surface area (Å²) in [6.45, 7) is 0.335. The highest BCUT2D eigenvalue weighted by molar-refractivity contribution is 7.89. The van der Waals surface area contributed by atoms with Crippen molar-refractivity contribution in [2.24, 2.45) is 0 Å². The lowest BCUT2D eigenvalue weighted by atomic mass is 10.1. The van der Waals surface area contributed by atoms with Crippen molar-refractivity contribution >= 4 is 55.9 Å². The molecule has 1 aliphatic heterocycles. The lowest BCUT2D eigenvalue weighted by molar-refractivity contribution is -0.142. The van der Waals surface area contributed by atoms with Gasteiger partial charge in [-0.3, -0.25) is 4.79 Å². The molecule has 1 aliphatic rings. The highest BCUT2D eigenvalue weighted by atomic mass is 35.5. The molecule has 0 radical (unpaired) electrons. The highest BCUT2D eigenvalue weighted by Gasteiger charge is 2.36. The van der Waals surface area contributed by atoms with Crippen LogP contribution in [0.4, 0.5) is 5.82 Å². The summed E-state index contributed by atoms with van der Waals surface area (Å²) in [5, 5.41) is 10.9. The van der Waals surface area contributed by atoms with E-state index < -0.39 is 22.0 Å². The minimum absolute atomic E-state index is 0.116. The predicted molar refractivity (Wildman–Crippen MR) is 128 cm³/mol. The normalized spacial score (nSPS) is 17.4. The van der Waals surface area contributed by atoms with Gasteiger partial charge in [0.1, 0.15) is 11.9 Å². The minimum atomic E-state index is -3.77. The average molecular weight is 512 g/mol. The summed E-state index contributed by atoms with van der Waals surface area (Å²) in [6.07, 6.45) is 6.76. The smallest absolute Gasteiger partial charge is 0.322 e. The molecule has 3 heterocycles. The molecule has 1 N–H and O–H groups in total. The van der Waals surface area contributed by atoms with E-state index in [-0.39, 0.29) is 18.8 Å². The number of nitrogens with zero attached hydrogens (tertiary/aromatic N) is 5. The molecule has 0 bridgehead atoms. The zero-order chi connectivity index (χ0) is 23.8. The Hall–Kier alpha value is -2.40. The van der Waals surface area contributed by atoms with Crippen LogP contribution in [0.3, 0.4) is 0 Å². The van der Waals surface area contributed by atoms with Crippen LogP contribution in [-0.2, 0) is 14.8 Å². The van der Waals surface area contributed by atoms with Gasteiger partial charge in [0.15, 0.2) is 0 Å². The second kappa shape index (κ2) is 9.46. The Bertz CT molecular complexity index is 1280. The van der Waals surface area contributed by atoms with Gasteiger partial charge < -0.3 is 14.6 Å². The van der Waals surface area contributed by atoms with Gasteiger partial charge in [-0.25, -0.2) is 18.4 Å². The van der Waals surface area contributed by atoms with Crippen molar-refractivity contribution in [3.8, 4) is 5.69 Å². The van der Waals surface area contributed by atoms with Crippen molar-refractivity contribution < 1.29 is 18.3 Å². The molecule has 4 rings (SSSR count). The molecule has 1 atom stereocenters. The van der Waals surface area contributed by atoms with E-state index in [4.69, 9.17) is 23.2 Å². The van der Waals surface area contributed by atoms with Gasteiger partial charge in [-0.1, -0.05) is 23.2 Å². The molecular weight excluding hydrogens is 489 g/mol. The number of sulfonamides is 1. The summed E-state index contributed by atoms with van der Waals surface area (Å²) in [6, 6.07) is 4.33. The number of aromatic nitrogens is 3. The van der Waals surface area contributed by atoms with Gasteiger partial charge in [-0.2, -0.15) is 4.31 Å². The molecule has 0 spiro atoms. The maximum Gasteiger partial charge on any atom is 0.322 e. The van der Waals surface area contributed by atoms with Gasteiger partial charge in [-0.05, 0) is 31.4 Å². The molecule has 1 saturated heterocycles. The number of hydrogen-bond acceptors (Lipinski definition) is 6. The number of halogens is 2. The van der Waals surface area contributed by atoms with Gasteiger partial charge in [0.25, 0.3) is 0 Å². The second-order valence-corrected chi connectivity index (χ2v) is 10.8. The fourth-order valence-electron chi connectivity index (χ4n) is 3.98. The van der Waals surface area contributed by atoms with E-state index >= 15 is 0 Å². The maximum atomic E-state index is 13.0. The Balaban J connectivity index is 1.64. The second-order valence-electron chi connectivity index (χ2n) is 7.93. The summed E-state index contributed by atoms with van der Waals surface area (Å²) < 4.78 is 28.9. The first-order chi connectivity index (χ1) is 15.7. The fraction of sp³-hybridized carbons (Fsp3) is 0.381. The standard InChI is InChI=1S/C21H23Cl2N5O4S/c1-26(10-11-33(31,32)28-8-3-2-4-16(28)21(29)30)18-12-17(27-9-7-24-13-27)14-5-6-15(22)19(23)20(14)25-18/h5-7,9,12-13,16H,2-4,8,10-11H2,1H3,(H,29,30). The minimum Gasteiger partial charge on any atom is -0.480 e. The molecule has 3 aromatic rings. The van der Waals surface area contributed by atoms with E-state index in [0.717, 1.165) is 15.4 Å².